The summed E-state index contributed by atoms with van der Waals surface area (Å²) in [6, 6.07) is 14.2. The Bertz CT molecular complexity index is 527. The van der Waals surface area contributed by atoms with Gasteiger partial charge in [0.25, 0.3) is 0 Å². The highest BCUT2D eigenvalue weighted by Crippen LogP contribution is 2.23. The van der Waals surface area contributed by atoms with Gasteiger partial charge in [0.05, 0.1) is 0 Å². The van der Waals surface area contributed by atoms with E-state index >= 15 is 0 Å². The molecule has 0 amide bonds. The zero-order valence-electron chi connectivity index (χ0n) is 10.3. The van der Waals surface area contributed by atoms with Crippen molar-refractivity contribution in [3.63, 3.8) is 0 Å². The summed E-state index contributed by atoms with van der Waals surface area (Å²) < 4.78 is 19.4. The third kappa shape index (κ3) is 2.87. The summed E-state index contributed by atoms with van der Waals surface area (Å²) in [5.74, 6) is 0.411. The number of ether oxygens (including phenoxy) is 1. The molecule has 2 N–H and O–H groups in total. The lowest BCUT2D eigenvalue weighted by Crippen LogP contribution is -2.19. The summed E-state index contributed by atoms with van der Waals surface area (Å²) in [6.45, 7) is 2.21. The molecule has 94 valence electrons. The van der Waals surface area contributed by atoms with Gasteiger partial charge in [0.2, 0.25) is 0 Å². The van der Waals surface area contributed by atoms with Gasteiger partial charge in [0.15, 0.2) is 0 Å². The van der Waals surface area contributed by atoms with Crippen LogP contribution >= 0.6 is 0 Å². The van der Waals surface area contributed by atoms with E-state index < -0.39 is 6.10 Å². The molecule has 0 fully saturated rings. The average molecular weight is 245 g/mol. The molecule has 0 radical (unpaired) electrons. The SMILES string of the molecule is Cc1cccc(OC(CN)c2ccccc2F)c1. The standard InChI is InChI=1S/C15H16FNO/c1-11-5-4-6-12(9-11)18-15(10-17)13-7-2-3-8-14(13)16/h2-9,15H,10,17H2,1H3. The summed E-state index contributed by atoms with van der Waals surface area (Å²) in [5.41, 5.74) is 7.25. The van der Waals surface area contributed by atoms with Gasteiger partial charge in [0, 0.05) is 12.1 Å². The van der Waals surface area contributed by atoms with E-state index in [2.05, 4.69) is 0 Å². The molecule has 18 heavy (non-hydrogen) atoms. The van der Waals surface area contributed by atoms with Gasteiger partial charge >= 0.3 is 0 Å². The first-order chi connectivity index (χ1) is 8.70. The predicted octanol–water partition coefficient (Wildman–Crippen LogP) is 3.21. The highest BCUT2D eigenvalue weighted by atomic mass is 19.1. The maximum Gasteiger partial charge on any atom is 0.139 e. The minimum Gasteiger partial charge on any atom is -0.484 e. The first kappa shape index (κ1) is 12.6. The fourth-order valence-corrected chi connectivity index (χ4v) is 1.83. The van der Waals surface area contributed by atoms with E-state index in [0.29, 0.717) is 11.3 Å². The van der Waals surface area contributed by atoms with E-state index in [1.54, 1.807) is 18.2 Å². The molecule has 0 saturated carbocycles. The van der Waals surface area contributed by atoms with E-state index in [9.17, 15) is 4.39 Å². The molecule has 1 unspecified atom stereocenters. The highest BCUT2D eigenvalue weighted by Gasteiger charge is 2.15. The van der Waals surface area contributed by atoms with E-state index in [0.717, 1.165) is 5.56 Å². The van der Waals surface area contributed by atoms with Gasteiger partial charge in [-0.15, -0.1) is 0 Å². The van der Waals surface area contributed by atoms with Gasteiger partial charge in [-0.3, -0.25) is 0 Å². The molecule has 0 spiro atoms. The molecular formula is C15H16FNO. The monoisotopic (exact) mass is 245 g/mol. The second kappa shape index (κ2) is 5.65. The van der Waals surface area contributed by atoms with Crippen molar-refractivity contribution < 1.29 is 9.13 Å². The van der Waals surface area contributed by atoms with Gasteiger partial charge in [-0.1, -0.05) is 30.3 Å². The van der Waals surface area contributed by atoms with Crippen LogP contribution in [0.4, 0.5) is 4.39 Å². The largest absolute Gasteiger partial charge is 0.484 e. The molecule has 2 rings (SSSR count). The Morgan fingerprint density at radius 2 is 1.94 bits per heavy atom. The molecule has 1 atom stereocenters. The van der Waals surface area contributed by atoms with E-state index in [1.807, 2.05) is 31.2 Å². The lowest BCUT2D eigenvalue weighted by molar-refractivity contribution is 0.209. The Hall–Kier alpha value is -1.87. The first-order valence-corrected chi connectivity index (χ1v) is 5.88. The van der Waals surface area contributed by atoms with Gasteiger partial charge in [0.1, 0.15) is 17.7 Å². The van der Waals surface area contributed by atoms with Crippen molar-refractivity contribution in [1.82, 2.24) is 0 Å². The molecule has 0 aliphatic rings. The summed E-state index contributed by atoms with van der Waals surface area (Å²) in [4.78, 5) is 0. The lowest BCUT2D eigenvalue weighted by Gasteiger charge is -2.18. The Morgan fingerprint density at radius 3 is 2.61 bits per heavy atom. The minimum absolute atomic E-state index is 0.231. The maximum atomic E-state index is 13.7. The second-order valence-electron chi connectivity index (χ2n) is 4.18. The number of halogens is 1. The molecule has 0 aliphatic carbocycles. The van der Waals surface area contributed by atoms with Gasteiger partial charge in [-0.05, 0) is 30.7 Å². The molecule has 0 heterocycles. The topological polar surface area (TPSA) is 35.2 Å². The van der Waals surface area contributed by atoms with E-state index in [1.165, 1.54) is 6.07 Å². The number of benzene rings is 2. The van der Waals surface area contributed by atoms with Crippen LogP contribution in [0.1, 0.15) is 17.2 Å². The van der Waals surface area contributed by atoms with Crippen LogP contribution in [-0.2, 0) is 0 Å². The van der Waals surface area contributed by atoms with Crippen LogP contribution in [0.5, 0.6) is 5.75 Å². The van der Waals surface area contributed by atoms with Crippen LogP contribution in [0.15, 0.2) is 48.5 Å². The van der Waals surface area contributed by atoms with Crippen LogP contribution in [0.2, 0.25) is 0 Å². The highest BCUT2D eigenvalue weighted by molar-refractivity contribution is 5.29. The number of aryl methyl sites for hydroxylation is 1. The quantitative estimate of drug-likeness (QED) is 0.897. The number of rotatable bonds is 4. The number of hydrogen-bond donors (Lipinski definition) is 1. The molecule has 3 heteroatoms. The molecule has 0 saturated heterocycles. The van der Waals surface area contributed by atoms with Crippen molar-refractivity contribution in [3.05, 3.63) is 65.5 Å². The van der Waals surface area contributed by atoms with Crippen molar-refractivity contribution in [3.8, 4) is 5.75 Å². The third-order valence-corrected chi connectivity index (χ3v) is 2.73. The van der Waals surface area contributed by atoms with Crippen LogP contribution in [0, 0.1) is 12.7 Å². The molecular weight excluding hydrogens is 229 g/mol. The predicted molar refractivity (Wildman–Crippen MR) is 70.0 cm³/mol. The Balaban J connectivity index is 2.23. The van der Waals surface area contributed by atoms with Crippen LogP contribution in [0.3, 0.4) is 0 Å². The van der Waals surface area contributed by atoms with Gasteiger partial charge in [-0.25, -0.2) is 4.39 Å². The molecule has 0 bridgehead atoms. The zero-order valence-corrected chi connectivity index (χ0v) is 10.3. The van der Waals surface area contributed by atoms with Crippen molar-refractivity contribution in [2.24, 2.45) is 5.73 Å². The van der Waals surface area contributed by atoms with Crippen LogP contribution in [0.25, 0.3) is 0 Å². The van der Waals surface area contributed by atoms with Gasteiger partial charge in [-0.2, -0.15) is 0 Å². The molecule has 0 aromatic heterocycles. The second-order valence-corrected chi connectivity index (χ2v) is 4.18. The maximum absolute atomic E-state index is 13.7. The normalized spacial score (nSPS) is 12.2. The van der Waals surface area contributed by atoms with Gasteiger partial charge < -0.3 is 10.5 Å². The van der Waals surface area contributed by atoms with Crippen molar-refractivity contribution in [1.29, 1.82) is 0 Å². The van der Waals surface area contributed by atoms with E-state index in [-0.39, 0.29) is 12.4 Å². The average Bonchev–Trinajstić information content (AvgIpc) is 2.37. The fourth-order valence-electron chi connectivity index (χ4n) is 1.83. The Labute approximate surface area is 106 Å². The number of nitrogens with two attached hydrogens (primary N) is 1. The smallest absolute Gasteiger partial charge is 0.139 e. The van der Waals surface area contributed by atoms with Crippen molar-refractivity contribution in [2.45, 2.75) is 13.0 Å². The van der Waals surface area contributed by atoms with Crippen molar-refractivity contribution in [2.75, 3.05) is 6.54 Å². The minimum atomic E-state index is -0.465. The van der Waals surface area contributed by atoms with Crippen LogP contribution in [-0.4, -0.2) is 6.54 Å². The Morgan fingerprint density at radius 1 is 1.17 bits per heavy atom. The summed E-state index contributed by atoms with van der Waals surface area (Å²) in [5, 5.41) is 0. The van der Waals surface area contributed by atoms with Crippen LogP contribution < -0.4 is 10.5 Å². The zero-order chi connectivity index (χ0) is 13.0. The first-order valence-electron chi connectivity index (χ1n) is 5.88. The van der Waals surface area contributed by atoms with Crippen molar-refractivity contribution >= 4 is 0 Å². The Kier molecular flexibility index (Phi) is 3.95. The molecule has 0 aliphatic heterocycles. The molecule has 2 aromatic rings. The third-order valence-electron chi connectivity index (χ3n) is 2.73. The summed E-state index contributed by atoms with van der Waals surface area (Å²) in [6.07, 6.45) is -0.465. The molecule has 2 aromatic carbocycles. The molecule has 2 nitrogen and oxygen atoms in total. The summed E-state index contributed by atoms with van der Waals surface area (Å²) >= 11 is 0. The van der Waals surface area contributed by atoms with E-state index in [4.69, 9.17) is 10.5 Å². The fraction of sp³-hybridized carbons (Fsp3) is 0.200. The number of hydrogen-bond acceptors (Lipinski definition) is 2. The summed E-state index contributed by atoms with van der Waals surface area (Å²) in [7, 11) is 0. The lowest BCUT2D eigenvalue weighted by atomic mass is 10.1.